The first-order valence-corrected chi connectivity index (χ1v) is 6.72. The molecule has 3 nitrogen and oxygen atoms in total. The predicted octanol–water partition coefficient (Wildman–Crippen LogP) is 1.41. The van der Waals surface area contributed by atoms with Crippen LogP contribution >= 0.6 is 11.8 Å². The lowest BCUT2D eigenvalue weighted by molar-refractivity contribution is -0.120. The van der Waals surface area contributed by atoms with E-state index in [1.54, 1.807) is 18.7 Å². The molecule has 4 heteroatoms. The molecule has 1 saturated heterocycles. The second kappa shape index (κ2) is 6.38. The third-order valence-electron chi connectivity index (χ3n) is 2.59. The fourth-order valence-corrected chi connectivity index (χ4v) is 3.02. The molecule has 1 heterocycles. The lowest BCUT2D eigenvalue weighted by atomic mass is 10.0. The van der Waals surface area contributed by atoms with Gasteiger partial charge >= 0.3 is 0 Å². The Morgan fingerprint density at radius 2 is 2.33 bits per heavy atom. The summed E-state index contributed by atoms with van der Waals surface area (Å²) in [5.74, 6) is 1.64. The van der Waals surface area contributed by atoms with Crippen LogP contribution in [0.1, 0.15) is 33.1 Å². The van der Waals surface area contributed by atoms with Crippen LogP contribution in [0.5, 0.6) is 0 Å². The van der Waals surface area contributed by atoms with Crippen LogP contribution in [0.4, 0.5) is 0 Å². The molecular formula is C11H21NO2S. The Balaban J connectivity index is 2.15. The molecule has 0 aromatic carbocycles. The fourth-order valence-electron chi connectivity index (χ4n) is 1.84. The van der Waals surface area contributed by atoms with Crippen molar-refractivity contribution >= 4 is 17.7 Å². The highest BCUT2D eigenvalue weighted by Crippen LogP contribution is 2.26. The number of aliphatic hydroxyl groups is 1. The van der Waals surface area contributed by atoms with Gasteiger partial charge in [0.05, 0.1) is 11.4 Å². The number of rotatable bonds is 5. The lowest BCUT2D eigenvalue weighted by Crippen LogP contribution is -2.35. The number of thioether (sulfide) groups is 1. The number of hydrogen-bond donors (Lipinski definition) is 2. The average molecular weight is 231 g/mol. The maximum absolute atomic E-state index is 11.6. The minimum atomic E-state index is -0.280. The van der Waals surface area contributed by atoms with Crippen LogP contribution in [0.3, 0.4) is 0 Å². The van der Waals surface area contributed by atoms with E-state index >= 15 is 0 Å². The van der Waals surface area contributed by atoms with Crippen LogP contribution in [0.2, 0.25) is 0 Å². The molecule has 88 valence electrons. The molecule has 0 aliphatic carbocycles. The zero-order valence-corrected chi connectivity index (χ0v) is 10.3. The predicted molar refractivity (Wildman–Crippen MR) is 64.0 cm³/mol. The van der Waals surface area contributed by atoms with Crippen molar-refractivity contribution in [1.82, 2.24) is 5.32 Å². The van der Waals surface area contributed by atoms with E-state index in [0.717, 1.165) is 25.0 Å². The second-order valence-corrected chi connectivity index (χ2v) is 5.75. The normalized spacial score (nSPS) is 24.9. The van der Waals surface area contributed by atoms with E-state index in [2.05, 4.69) is 12.2 Å². The highest BCUT2D eigenvalue weighted by atomic mass is 32.2. The van der Waals surface area contributed by atoms with Crippen molar-refractivity contribution in [1.29, 1.82) is 0 Å². The highest BCUT2D eigenvalue weighted by Gasteiger charge is 2.23. The number of carbonyl (C=O) groups is 1. The molecular weight excluding hydrogens is 210 g/mol. The molecule has 1 rings (SSSR count). The van der Waals surface area contributed by atoms with Gasteiger partial charge in [-0.25, -0.2) is 0 Å². The van der Waals surface area contributed by atoms with E-state index in [4.69, 9.17) is 0 Å². The van der Waals surface area contributed by atoms with Crippen LogP contribution in [-0.2, 0) is 4.79 Å². The van der Waals surface area contributed by atoms with E-state index in [0.29, 0.717) is 12.5 Å². The maximum atomic E-state index is 11.6. The zero-order valence-electron chi connectivity index (χ0n) is 9.53. The van der Waals surface area contributed by atoms with Crippen LogP contribution in [-0.4, -0.2) is 34.7 Å². The van der Waals surface area contributed by atoms with Crippen molar-refractivity contribution < 1.29 is 9.90 Å². The Hall–Kier alpha value is -0.220. The van der Waals surface area contributed by atoms with E-state index in [1.807, 2.05) is 0 Å². The molecule has 3 unspecified atom stereocenters. The van der Waals surface area contributed by atoms with Gasteiger partial charge in [0.1, 0.15) is 0 Å². The van der Waals surface area contributed by atoms with Gasteiger partial charge in [-0.05, 0) is 37.9 Å². The van der Waals surface area contributed by atoms with Crippen molar-refractivity contribution in [3.8, 4) is 0 Å². The van der Waals surface area contributed by atoms with Gasteiger partial charge in [0.15, 0.2) is 0 Å². The molecule has 0 radical (unpaired) electrons. The first-order chi connectivity index (χ1) is 7.09. The van der Waals surface area contributed by atoms with Gasteiger partial charge < -0.3 is 10.4 Å². The van der Waals surface area contributed by atoms with Gasteiger partial charge in [0.25, 0.3) is 0 Å². The third-order valence-corrected chi connectivity index (χ3v) is 3.97. The zero-order chi connectivity index (χ0) is 11.3. The van der Waals surface area contributed by atoms with Crippen LogP contribution in [0, 0.1) is 5.92 Å². The number of hydrogen-bond acceptors (Lipinski definition) is 3. The van der Waals surface area contributed by atoms with Gasteiger partial charge in [0.2, 0.25) is 5.91 Å². The summed E-state index contributed by atoms with van der Waals surface area (Å²) < 4.78 is 0. The molecule has 1 aliphatic rings. The lowest BCUT2D eigenvalue weighted by Gasteiger charge is -2.15. The first kappa shape index (κ1) is 12.8. The van der Waals surface area contributed by atoms with E-state index in [-0.39, 0.29) is 17.3 Å². The molecule has 1 amide bonds. The molecule has 2 N–H and O–H groups in total. The number of nitrogens with one attached hydrogen (secondary N) is 1. The van der Waals surface area contributed by atoms with Gasteiger partial charge in [0, 0.05) is 6.54 Å². The summed E-state index contributed by atoms with van der Waals surface area (Å²) in [7, 11) is 0. The Labute approximate surface area is 96.0 Å². The van der Waals surface area contributed by atoms with Crippen LogP contribution < -0.4 is 5.32 Å². The Kier molecular flexibility index (Phi) is 5.47. The SMILES string of the molecule is CC(O)CC(C)CNC(=O)C1CCCS1. The van der Waals surface area contributed by atoms with Crippen molar-refractivity contribution in [3.63, 3.8) is 0 Å². The fraction of sp³-hybridized carbons (Fsp3) is 0.909. The number of aliphatic hydroxyl groups excluding tert-OH is 1. The smallest absolute Gasteiger partial charge is 0.233 e. The van der Waals surface area contributed by atoms with Gasteiger partial charge in [-0.15, -0.1) is 11.8 Å². The summed E-state index contributed by atoms with van der Waals surface area (Å²) in [5, 5.41) is 12.3. The molecule has 1 aliphatic heterocycles. The van der Waals surface area contributed by atoms with Gasteiger partial charge in [-0.2, -0.15) is 0 Å². The van der Waals surface area contributed by atoms with Crippen LogP contribution in [0.25, 0.3) is 0 Å². The van der Waals surface area contributed by atoms with Gasteiger partial charge in [-0.1, -0.05) is 6.92 Å². The first-order valence-electron chi connectivity index (χ1n) is 5.67. The maximum Gasteiger partial charge on any atom is 0.233 e. The summed E-state index contributed by atoms with van der Waals surface area (Å²) in [6.07, 6.45) is 2.64. The quantitative estimate of drug-likeness (QED) is 0.752. The minimum absolute atomic E-state index is 0.170. The second-order valence-electron chi connectivity index (χ2n) is 4.44. The molecule has 1 fully saturated rings. The van der Waals surface area contributed by atoms with E-state index in [1.165, 1.54) is 0 Å². The summed E-state index contributed by atoms with van der Waals surface area (Å²) >= 11 is 1.75. The van der Waals surface area contributed by atoms with Crippen molar-refractivity contribution in [2.45, 2.75) is 44.5 Å². The monoisotopic (exact) mass is 231 g/mol. The van der Waals surface area contributed by atoms with Crippen molar-refractivity contribution in [3.05, 3.63) is 0 Å². The Bertz CT molecular complexity index is 203. The summed E-state index contributed by atoms with van der Waals surface area (Å²) in [6, 6.07) is 0. The van der Waals surface area contributed by atoms with Crippen LogP contribution in [0.15, 0.2) is 0 Å². The topological polar surface area (TPSA) is 49.3 Å². The Morgan fingerprint density at radius 3 is 2.87 bits per heavy atom. The number of carbonyl (C=O) groups excluding carboxylic acids is 1. The van der Waals surface area contributed by atoms with Gasteiger partial charge in [-0.3, -0.25) is 4.79 Å². The molecule has 0 aromatic heterocycles. The molecule has 15 heavy (non-hydrogen) atoms. The molecule has 0 aromatic rings. The largest absolute Gasteiger partial charge is 0.393 e. The molecule has 0 bridgehead atoms. The molecule has 0 saturated carbocycles. The summed E-state index contributed by atoms with van der Waals surface area (Å²) in [4.78, 5) is 11.6. The number of amides is 1. The standard InChI is InChI=1S/C11H21NO2S/c1-8(6-9(2)13)7-12-11(14)10-4-3-5-15-10/h8-10,13H,3-7H2,1-2H3,(H,12,14). The average Bonchev–Trinajstić information content (AvgIpc) is 2.65. The highest BCUT2D eigenvalue weighted by molar-refractivity contribution is 8.00. The van der Waals surface area contributed by atoms with E-state index < -0.39 is 0 Å². The molecule has 0 spiro atoms. The van der Waals surface area contributed by atoms with E-state index in [9.17, 15) is 9.90 Å². The summed E-state index contributed by atoms with van der Waals surface area (Å²) in [6.45, 7) is 4.51. The molecule has 3 atom stereocenters. The third kappa shape index (κ3) is 4.89. The van der Waals surface area contributed by atoms with Crippen molar-refractivity contribution in [2.75, 3.05) is 12.3 Å². The van der Waals surface area contributed by atoms with Crippen molar-refractivity contribution in [2.24, 2.45) is 5.92 Å². The minimum Gasteiger partial charge on any atom is -0.393 e. The summed E-state index contributed by atoms with van der Waals surface area (Å²) in [5.41, 5.74) is 0. The Morgan fingerprint density at radius 1 is 1.60 bits per heavy atom.